The van der Waals surface area contributed by atoms with Gasteiger partial charge in [-0.05, 0) is 25.0 Å². The van der Waals surface area contributed by atoms with Crippen molar-refractivity contribution >= 4 is 34.9 Å². The average Bonchev–Trinajstić information content (AvgIpc) is 3.26. The van der Waals surface area contributed by atoms with Crippen LogP contribution >= 0.6 is 23.2 Å². The van der Waals surface area contributed by atoms with E-state index in [1.807, 2.05) is 17.0 Å². The number of piperazine rings is 1. The van der Waals surface area contributed by atoms with Gasteiger partial charge < -0.3 is 15.1 Å². The maximum atomic E-state index is 12.0. The molecule has 20 heavy (non-hydrogen) atoms. The van der Waals surface area contributed by atoms with Gasteiger partial charge in [0.15, 0.2) is 0 Å². The van der Waals surface area contributed by atoms with Crippen molar-refractivity contribution in [3.05, 3.63) is 28.2 Å². The van der Waals surface area contributed by atoms with E-state index in [0.717, 1.165) is 31.6 Å². The number of urea groups is 1. The van der Waals surface area contributed by atoms with Crippen LogP contribution in [0.4, 0.5) is 10.5 Å². The molecule has 0 spiro atoms. The zero-order chi connectivity index (χ0) is 14.1. The van der Waals surface area contributed by atoms with Gasteiger partial charge in [-0.15, -0.1) is 0 Å². The predicted octanol–water partition coefficient (Wildman–Crippen LogP) is 2.99. The molecule has 2 fully saturated rings. The monoisotopic (exact) mass is 313 g/mol. The predicted molar refractivity (Wildman–Crippen MR) is 81.8 cm³/mol. The van der Waals surface area contributed by atoms with Gasteiger partial charge in [-0.1, -0.05) is 29.3 Å². The van der Waals surface area contributed by atoms with E-state index in [2.05, 4.69) is 10.2 Å². The lowest BCUT2D eigenvalue weighted by Crippen LogP contribution is -2.52. The molecule has 1 aliphatic heterocycles. The minimum absolute atomic E-state index is 0.0596. The van der Waals surface area contributed by atoms with Crippen molar-refractivity contribution in [2.75, 3.05) is 31.1 Å². The minimum atomic E-state index is 0.0596. The van der Waals surface area contributed by atoms with Gasteiger partial charge in [0.25, 0.3) is 0 Å². The number of rotatable bonds is 2. The van der Waals surface area contributed by atoms with Gasteiger partial charge >= 0.3 is 6.03 Å². The van der Waals surface area contributed by atoms with Crippen LogP contribution in [0.15, 0.2) is 18.2 Å². The first-order chi connectivity index (χ1) is 9.65. The Morgan fingerprint density at radius 2 is 1.85 bits per heavy atom. The Hall–Kier alpha value is -1.13. The molecule has 3 rings (SSSR count). The van der Waals surface area contributed by atoms with Gasteiger partial charge in [-0.3, -0.25) is 0 Å². The van der Waals surface area contributed by atoms with Crippen molar-refractivity contribution in [2.45, 2.75) is 18.9 Å². The highest BCUT2D eigenvalue weighted by Crippen LogP contribution is 2.32. The molecule has 2 amide bonds. The van der Waals surface area contributed by atoms with E-state index < -0.39 is 0 Å². The molecule has 4 nitrogen and oxygen atoms in total. The van der Waals surface area contributed by atoms with Crippen molar-refractivity contribution in [3.8, 4) is 0 Å². The van der Waals surface area contributed by atoms with E-state index >= 15 is 0 Å². The highest BCUT2D eigenvalue weighted by molar-refractivity contribution is 6.43. The van der Waals surface area contributed by atoms with Crippen LogP contribution in [-0.4, -0.2) is 43.2 Å². The number of carbonyl (C=O) groups is 1. The van der Waals surface area contributed by atoms with E-state index in [-0.39, 0.29) is 6.03 Å². The highest BCUT2D eigenvalue weighted by atomic mass is 35.5. The Labute approximate surface area is 128 Å². The van der Waals surface area contributed by atoms with Gasteiger partial charge in [0, 0.05) is 32.2 Å². The Bertz CT molecular complexity index is 511. The lowest BCUT2D eigenvalue weighted by atomic mass is 10.2. The van der Waals surface area contributed by atoms with Crippen molar-refractivity contribution in [2.24, 2.45) is 0 Å². The van der Waals surface area contributed by atoms with Crippen LogP contribution in [0.3, 0.4) is 0 Å². The number of anilines is 1. The molecule has 108 valence electrons. The topological polar surface area (TPSA) is 35.6 Å². The molecular formula is C14H17Cl2N3O. The number of hydrogen-bond acceptors (Lipinski definition) is 2. The largest absolute Gasteiger partial charge is 0.367 e. The van der Waals surface area contributed by atoms with Crippen molar-refractivity contribution < 1.29 is 4.79 Å². The number of nitrogens with zero attached hydrogens (tertiary/aromatic N) is 2. The Balaban J connectivity index is 1.60. The molecule has 1 aliphatic carbocycles. The average molecular weight is 314 g/mol. The van der Waals surface area contributed by atoms with Crippen LogP contribution in [0.1, 0.15) is 12.8 Å². The van der Waals surface area contributed by atoms with E-state index in [9.17, 15) is 4.79 Å². The Morgan fingerprint density at radius 1 is 1.15 bits per heavy atom. The number of halogens is 2. The van der Waals surface area contributed by atoms with Crippen LogP contribution in [0, 0.1) is 0 Å². The minimum Gasteiger partial charge on any atom is -0.367 e. The maximum absolute atomic E-state index is 12.0. The van der Waals surface area contributed by atoms with E-state index in [1.54, 1.807) is 6.07 Å². The quantitative estimate of drug-likeness (QED) is 0.911. The molecule has 0 radical (unpaired) electrons. The van der Waals surface area contributed by atoms with Crippen LogP contribution < -0.4 is 10.2 Å². The molecule has 1 heterocycles. The molecule has 1 aromatic rings. The summed E-state index contributed by atoms with van der Waals surface area (Å²) in [5, 5.41) is 4.18. The number of hydrogen-bond donors (Lipinski definition) is 1. The second-order valence-electron chi connectivity index (χ2n) is 5.27. The third-order valence-corrected chi connectivity index (χ3v) is 4.55. The molecule has 0 atom stereocenters. The first-order valence-corrected chi connectivity index (χ1v) is 7.65. The Kier molecular flexibility index (Phi) is 3.94. The van der Waals surface area contributed by atoms with Crippen LogP contribution in [0.5, 0.6) is 0 Å². The summed E-state index contributed by atoms with van der Waals surface area (Å²) in [5.74, 6) is 0. The number of benzene rings is 1. The SMILES string of the molecule is O=C(NC1CC1)N1CCN(c2cccc(Cl)c2Cl)CC1. The number of amides is 2. The first-order valence-electron chi connectivity index (χ1n) is 6.89. The van der Waals surface area contributed by atoms with Gasteiger partial charge in [0.05, 0.1) is 15.7 Å². The molecular weight excluding hydrogens is 297 g/mol. The van der Waals surface area contributed by atoms with Gasteiger partial charge in [0.1, 0.15) is 0 Å². The van der Waals surface area contributed by atoms with E-state index in [0.29, 0.717) is 29.2 Å². The summed E-state index contributed by atoms with van der Waals surface area (Å²) < 4.78 is 0. The molecule has 0 aromatic heterocycles. The fourth-order valence-corrected chi connectivity index (χ4v) is 2.80. The molecule has 1 saturated heterocycles. The van der Waals surface area contributed by atoms with Crippen molar-refractivity contribution in [1.82, 2.24) is 10.2 Å². The number of carbonyl (C=O) groups excluding carboxylic acids is 1. The van der Waals surface area contributed by atoms with E-state index in [1.165, 1.54) is 0 Å². The molecule has 2 aliphatic rings. The van der Waals surface area contributed by atoms with Crippen LogP contribution in [0.2, 0.25) is 10.0 Å². The van der Waals surface area contributed by atoms with Crippen LogP contribution in [0.25, 0.3) is 0 Å². The standard InChI is InChI=1S/C14H17Cl2N3O/c15-11-2-1-3-12(13(11)16)18-6-8-19(9-7-18)14(20)17-10-4-5-10/h1-3,10H,4-9H2,(H,17,20). The molecule has 1 saturated carbocycles. The van der Waals surface area contributed by atoms with Crippen LogP contribution in [-0.2, 0) is 0 Å². The zero-order valence-corrected chi connectivity index (χ0v) is 12.6. The lowest BCUT2D eigenvalue weighted by Gasteiger charge is -2.36. The molecule has 1 N–H and O–H groups in total. The molecule has 6 heteroatoms. The second kappa shape index (κ2) is 5.70. The number of nitrogens with one attached hydrogen (secondary N) is 1. The van der Waals surface area contributed by atoms with Gasteiger partial charge in [0.2, 0.25) is 0 Å². The van der Waals surface area contributed by atoms with Crippen molar-refractivity contribution in [1.29, 1.82) is 0 Å². The third kappa shape index (κ3) is 2.96. The fraction of sp³-hybridized carbons (Fsp3) is 0.500. The molecule has 0 unspecified atom stereocenters. The molecule has 1 aromatic carbocycles. The summed E-state index contributed by atoms with van der Waals surface area (Å²) in [7, 11) is 0. The summed E-state index contributed by atoms with van der Waals surface area (Å²) in [6.45, 7) is 2.97. The van der Waals surface area contributed by atoms with E-state index in [4.69, 9.17) is 23.2 Å². The maximum Gasteiger partial charge on any atom is 0.317 e. The fourth-order valence-electron chi connectivity index (χ4n) is 2.38. The van der Waals surface area contributed by atoms with Gasteiger partial charge in [-0.2, -0.15) is 0 Å². The zero-order valence-electron chi connectivity index (χ0n) is 11.1. The van der Waals surface area contributed by atoms with Crippen molar-refractivity contribution in [3.63, 3.8) is 0 Å². The normalized spacial score (nSPS) is 19.1. The first kappa shape index (κ1) is 13.8. The Morgan fingerprint density at radius 3 is 2.50 bits per heavy atom. The smallest absolute Gasteiger partial charge is 0.317 e. The lowest BCUT2D eigenvalue weighted by molar-refractivity contribution is 0.194. The summed E-state index contributed by atoms with van der Waals surface area (Å²) in [6.07, 6.45) is 2.23. The summed E-state index contributed by atoms with van der Waals surface area (Å²) in [5.41, 5.74) is 0.946. The van der Waals surface area contributed by atoms with Gasteiger partial charge in [-0.25, -0.2) is 4.79 Å². The summed E-state index contributed by atoms with van der Waals surface area (Å²) >= 11 is 12.3. The molecule has 0 bridgehead atoms. The second-order valence-corrected chi connectivity index (χ2v) is 6.06. The summed E-state index contributed by atoms with van der Waals surface area (Å²) in [4.78, 5) is 16.0. The third-order valence-electron chi connectivity index (χ3n) is 3.74. The summed E-state index contributed by atoms with van der Waals surface area (Å²) in [6, 6.07) is 6.11. The highest BCUT2D eigenvalue weighted by Gasteiger charge is 2.28.